The van der Waals surface area contributed by atoms with Crippen LogP contribution in [0.1, 0.15) is 0 Å². The molecule has 0 fully saturated rings. The highest BCUT2D eigenvalue weighted by Crippen LogP contribution is 2.22. The van der Waals surface area contributed by atoms with Gasteiger partial charge in [0.2, 0.25) is 0 Å². The van der Waals surface area contributed by atoms with E-state index < -0.39 is 29.8 Å². The fourth-order valence-corrected chi connectivity index (χ4v) is 2.15. The van der Waals surface area contributed by atoms with Crippen LogP contribution >= 0.6 is 23.4 Å². The Bertz CT molecular complexity index is 681. The molecule has 0 aromatic rings. The second-order valence-corrected chi connectivity index (χ2v) is 6.02. The van der Waals surface area contributed by atoms with Crippen molar-refractivity contribution < 1.29 is 22.7 Å². The first-order chi connectivity index (χ1) is 12.7. The highest BCUT2D eigenvalue weighted by Gasteiger charge is 2.40. The maximum Gasteiger partial charge on any atom is 0.430 e. The smallest absolute Gasteiger partial charge is 0.430 e. The minimum absolute atomic E-state index is 0.267. The Morgan fingerprint density at radius 3 is 2.48 bits per heavy atom. The molecular formula is C18H20ClF3N2O2S. The van der Waals surface area contributed by atoms with Gasteiger partial charge in [0.15, 0.2) is 0 Å². The van der Waals surface area contributed by atoms with E-state index in [1.165, 1.54) is 23.9 Å². The van der Waals surface area contributed by atoms with Crippen LogP contribution in [-0.2, 0) is 9.53 Å². The zero-order chi connectivity index (χ0) is 20.9. The first-order valence-electron chi connectivity index (χ1n) is 7.46. The third kappa shape index (κ3) is 10.6. The molecule has 27 heavy (non-hydrogen) atoms. The fraction of sp³-hybridized carbons (Fsp3) is 0.278. The summed E-state index contributed by atoms with van der Waals surface area (Å²) in [7, 11) is 1.13. The van der Waals surface area contributed by atoms with Crippen molar-refractivity contribution in [3.63, 3.8) is 0 Å². The summed E-state index contributed by atoms with van der Waals surface area (Å²) in [4.78, 5) is 15.7. The molecule has 0 bridgehead atoms. The molecule has 0 amide bonds. The van der Waals surface area contributed by atoms with E-state index in [-0.39, 0.29) is 5.71 Å². The molecule has 0 heterocycles. The predicted molar refractivity (Wildman–Crippen MR) is 107 cm³/mol. The molecule has 148 valence electrons. The van der Waals surface area contributed by atoms with Gasteiger partial charge in [-0.25, -0.2) is 0 Å². The Hall–Kier alpha value is -2.06. The van der Waals surface area contributed by atoms with Gasteiger partial charge in [0.1, 0.15) is 17.6 Å². The molecule has 0 saturated heterocycles. The number of carbonyl (C=O) groups is 1. The van der Waals surface area contributed by atoms with Gasteiger partial charge in [-0.05, 0) is 24.5 Å². The van der Waals surface area contributed by atoms with Gasteiger partial charge in [0, 0.05) is 4.91 Å². The number of thioether (sulfide) groups is 1. The average molecular weight is 421 g/mol. The van der Waals surface area contributed by atoms with Gasteiger partial charge in [0.05, 0.1) is 12.8 Å². The number of ether oxygens (including phenoxy) is 1. The number of methoxy groups -OCH3 is 1. The number of alkyl halides is 4. The summed E-state index contributed by atoms with van der Waals surface area (Å²) in [6, 6.07) is 0. The zero-order valence-corrected chi connectivity index (χ0v) is 16.4. The number of halogens is 4. The first kappa shape index (κ1) is 24.9. The van der Waals surface area contributed by atoms with Crippen molar-refractivity contribution in [1.29, 1.82) is 5.41 Å². The number of aliphatic imine (C=N–C) groups is 1. The molecule has 4 nitrogen and oxygen atoms in total. The molecule has 1 N–H and O–H groups in total. The van der Waals surface area contributed by atoms with Crippen LogP contribution in [0.2, 0.25) is 0 Å². The van der Waals surface area contributed by atoms with E-state index in [2.05, 4.69) is 16.3 Å². The lowest BCUT2D eigenvalue weighted by Gasteiger charge is -2.14. The fourth-order valence-electron chi connectivity index (χ4n) is 1.46. The van der Waals surface area contributed by atoms with E-state index in [1.807, 2.05) is 6.26 Å². The third-order valence-corrected chi connectivity index (χ3v) is 4.00. The average Bonchev–Trinajstić information content (AvgIpc) is 2.63. The summed E-state index contributed by atoms with van der Waals surface area (Å²) < 4.78 is 42.5. The molecule has 0 aromatic heterocycles. The lowest BCUT2D eigenvalue weighted by Crippen LogP contribution is -2.35. The van der Waals surface area contributed by atoms with Crippen LogP contribution in [0.25, 0.3) is 0 Å². The number of carbonyl (C=O) groups excluding carboxylic acids is 1. The molecule has 0 aromatic carbocycles. The van der Waals surface area contributed by atoms with Gasteiger partial charge in [-0.2, -0.15) is 13.2 Å². The van der Waals surface area contributed by atoms with Gasteiger partial charge in [-0.1, -0.05) is 37.0 Å². The summed E-state index contributed by atoms with van der Waals surface area (Å²) in [6.45, 7) is 3.04. The Morgan fingerprint density at radius 2 is 1.96 bits per heavy atom. The summed E-state index contributed by atoms with van der Waals surface area (Å²) >= 11 is 7.15. The monoisotopic (exact) mass is 420 g/mol. The molecule has 9 heteroatoms. The van der Waals surface area contributed by atoms with Gasteiger partial charge >= 0.3 is 12.1 Å². The Morgan fingerprint density at radius 1 is 1.30 bits per heavy atom. The second kappa shape index (κ2) is 13.2. The van der Waals surface area contributed by atoms with Crippen molar-refractivity contribution in [2.75, 3.05) is 19.9 Å². The molecule has 0 radical (unpaired) electrons. The Labute approximate surface area is 165 Å². The van der Waals surface area contributed by atoms with Crippen LogP contribution < -0.4 is 0 Å². The standard InChI is InChI=1S/C18H20ClF3N2O2S/c1-4-5-6-7-9-13(27-3)10-8-11-14(24-12-15(25)26-2)16(19)17(23)18(20,21)22/h4-11,16,23H,1,12H2,2-3H3/b6-5-,9-7+,11-8+,13-10-,23-17?,24-14?. The van der Waals surface area contributed by atoms with Crippen LogP contribution in [0.5, 0.6) is 0 Å². The van der Waals surface area contributed by atoms with Crippen molar-refractivity contribution in [3.05, 3.63) is 60.1 Å². The van der Waals surface area contributed by atoms with Crippen LogP contribution in [-0.4, -0.2) is 48.9 Å². The van der Waals surface area contributed by atoms with E-state index in [0.717, 1.165) is 12.0 Å². The number of rotatable bonds is 10. The maximum atomic E-state index is 12.7. The van der Waals surface area contributed by atoms with E-state index in [9.17, 15) is 18.0 Å². The number of nitrogens with zero attached hydrogens (tertiary/aromatic N) is 1. The van der Waals surface area contributed by atoms with Crippen molar-refractivity contribution in [2.45, 2.75) is 11.6 Å². The Balaban J connectivity index is 5.52. The van der Waals surface area contributed by atoms with Gasteiger partial charge in [-0.15, -0.1) is 23.4 Å². The highest BCUT2D eigenvalue weighted by molar-refractivity contribution is 8.02. The molecule has 0 rings (SSSR count). The second-order valence-electron chi connectivity index (χ2n) is 4.70. The lowest BCUT2D eigenvalue weighted by atomic mass is 10.1. The van der Waals surface area contributed by atoms with E-state index in [1.54, 1.807) is 36.5 Å². The molecule has 0 aliphatic heterocycles. The molecule has 0 spiro atoms. The maximum absolute atomic E-state index is 12.7. The van der Waals surface area contributed by atoms with Crippen LogP contribution in [0.15, 0.2) is 65.1 Å². The Kier molecular flexibility index (Phi) is 12.2. The quantitative estimate of drug-likeness (QED) is 0.237. The predicted octanol–water partition coefficient (Wildman–Crippen LogP) is 4.89. The summed E-state index contributed by atoms with van der Waals surface area (Å²) in [5, 5.41) is 5.32. The number of hydrogen-bond acceptors (Lipinski definition) is 5. The van der Waals surface area contributed by atoms with Crippen LogP contribution in [0.4, 0.5) is 13.2 Å². The largest absolute Gasteiger partial charge is 0.468 e. The number of esters is 1. The topological polar surface area (TPSA) is 62.5 Å². The van der Waals surface area contributed by atoms with E-state index >= 15 is 0 Å². The van der Waals surface area contributed by atoms with Crippen molar-refractivity contribution in [3.8, 4) is 0 Å². The van der Waals surface area contributed by atoms with Crippen LogP contribution in [0, 0.1) is 5.41 Å². The normalized spacial score (nSPS) is 14.9. The summed E-state index contributed by atoms with van der Waals surface area (Å²) in [5.74, 6) is -0.736. The number of allylic oxidation sites excluding steroid dienone is 8. The van der Waals surface area contributed by atoms with Gasteiger partial charge in [0.25, 0.3) is 0 Å². The molecule has 0 aliphatic carbocycles. The minimum atomic E-state index is -4.90. The van der Waals surface area contributed by atoms with E-state index in [4.69, 9.17) is 17.0 Å². The van der Waals surface area contributed by atoms with Crippen molar-refractivity contribution >= 4 is 40.8 Å². The molecule has 0 aliphatic rings. The molecular weight excluding hydrogens is 401 g/mol. The van der Waals surface area contributed by atoms with Crippen molar-refractivity contribution in [2.24, 2.45) is 4.99 Å². The van der Waals surface area contributed by atoms with Gasteiger partial charge in [-0.3, -0.25) is 15.2 Å². The highest BCUT2D eigenvalue weighted by atomic mass is 35.5. The zero-order valence-electron chi connectivity index (χ0n) is 14.8. The van der Waals surface area contributed by atoms with E-state index in [0.29, 0.717) is 0 Å². The summed E-state index contributed by atoms with van der Waals surface area (Å²) in [6.07, 6.45) is 9.93. The molecule has 0 saturated carbocycles. The SMILES string of the molecule is C=C\C=C/C=C/C(=C/C=C/C(=NCC(=O)OC)C(Cl)C(=N)C(F)(F)F)SC. The first-order valence-corrected chi connectivity index (χ1v) is 9.12. The lowest BCUT2D eigenvalue weighted by molar-refractivity contribution is -0.138. The summed E-state index contributed by atoms with van der Waals surface area (Å²) in [5.41, 5.74) is -1.93. The van der Waals surface area contributed by atoms with Crippen LogP contribution in [0.3, 0.4) is 0 Å². The molecule has 1 unspecified atom stereocenters. The third-order valence-electron chi connectivity index (χ3n) is 2.82. The minimum Gasteiger partial charge on any atom is -0.468 e. The molecule has 1 atom stereocenters. The number of nitrogens with one attached hydrogen (secondary N) is 1. The van der Waals surface area contributed by atoms with Gasteiger partial charge < -0.3 is 4.74 Å². The van der Waals surface area contributed by atoms with Crippen molar-refractivity contribution in [1.82, 2.24) is 0 Å². The number of hydrogen-bond donors (Lipinski definition) is 1.